The molecule has 7 nitrogen and oxygen atoms in total. The van der Waals surface area contributed by atoms with E-state index in [1.807, 2.05) is 37.3 Å². The van der Waals surface area contributed by atoms with E-state index in [4.69, 9.17) is 9.47 Å². The van der Waals surface area contributed by atoms with E-state index in [0.29, 0.717) is 32.7 Å². The number of rotatable bonds is 11. The molecule has 2 saturated carbocycles. The minimum absolute atomic E-state index is 0.0184. The van der Waals surface area contributed by atoms with Crippen molar-refractivity contribution in [3.63, 3.8) is 0 Å². The van der Waals surface area contributed by atoms with Crippen molar-refractivity contribution in [1.82, 2.24) is 10.2 Å². The maximum Gasteiger partial charge on any atom is 0.225 e. The first-order valence-electron chi connectivity index (χ1n) is 13.5. The molecule has 0 spiro atoms. The molecule has 0 saturated heterocycles. The summed E-state index contributed by atoms with van der Waals surface area (Å²) in [5, 5.41) is 15.0. The second kappa shape index (κ2) is 13.0. The molecule has 0 bridgehead atoms. The van der Waals surface area contributed by atoms with Crippen molar-refractivity contribution in [3.05, 3.63) is 35.9 Å². The number of methoxy groups -OCH3 is 2. The number of fused-ring (bicyclic) bond motifs is 1. The third kappa shape index (κ3) is 6.67. The molecule has 0 aliphatic heterocycles. The van der Waals surface area contributed by atoms with Crippen LogP contribution >= 0.6 is 0 Å². The molecule has 7 heteroatoms. The van der Waals surface area contributed by atoms with E-state index in [0.717, 1.165) is 31.2 Å². The van der Waals surface area contributed by atoms with E-state index in [1.165, 1.54) is 0 Å². The highest BCUT2D eigenvalue weighted by Gasteiger charge is 2.54. The Morgan fingerprint density at radius 1 is 1.11 bits per heavy atom. The molecule has 0 aromatic heterocycles. The van der Waals surface area contributed by atoms with Gasteiger partial charge in [-0.15, -0.1) is 0 Å². The van der Waals surface area contributed by atoms with Gasteiger partial charge in [-0.25, -0.2) is 0 Å². The van der Waals surface area contributed by atoms with Gasteiger partial charge in [0.05, 0.1) is 25.7 Å². The standard InChI is InChI=1S/C29H46N2O5/c1-20(28(34)31(15-17-35-4)16-18-36-5)23-11-13-29(3)14-12-24(21(2)26(29)27(23)33)30-25(32)19-22-9-7-6-8-10-22/h6-10,20-21,23-24,26-27,33H,11-19H2,1-5H3,(H,30,32)/t20-,21+,23?,24-,26+,27-,29-/m0/s1. The fourth-order valence-electron chi connectivity index (χ4n) is 6.74. The number of hydrogen-bond donors (Lipinski definition) is 2. The van der Waals surface area contributed by atoms with Crippen molar-refractivity contribution in [2.24, 2.45) is 29.1 Å². The zero-order chi connectivity index (χ0) is 26.3. The molecular formula is C29H46N2O5. The SMILES string of the molecule is COCCN(CCOC)C(=O)[C@@H](C)C1CC[C@@]2(C)CC[C@H](NC(=O)Cc3ccccc3)[C@@H](C)[C@@H]2[C@H]1O. The summed E-state index contributed by atoms with van der Waals surface area (Å²) in [4.78, 5) is 28.1. The van der Waals surface area contributed by atoms with Crippen molar-refractivity contribution in [2.45, 2.75) is 65.0 Å². The predicted octanol–water partition coefficient (Wildman–Crippen LogP) is 3.29. The summed E-state index contributed by atoms with van der Waals surface area (Å²) in [5.74, 6) is -0.162. The Morgan fingerprint density at radius 3 is 2.33 bits per heavy atom. The third-order valence-electron chi connectivity index (χ3n) is 8.92. The van der Waals surface area contributed by atoms with Crippen LogP contribution in [0.25, 0.3) is 0 Å². The van der Waals surface area contributed by atoms with E-state index in [9.17, 15) is 14.7 Å². The Bertz CT molecular complexity index is 841. The second-order valence-corrected chi connectivity index (χ2v) is 11.2. The van der Waals surface area contributed by atoms with Gasteiger partial charge in [-0.2, -0.15) is 0 Å². The topological polar surface area (TPSA) is 88.1 Å². The number of aliphatic hydroxyl groups is 1. The maximum absolute atomic E-state index is 13.5. The molecule has 202 valence electrons. The lowest BCUT2D eigenvalue weighted by molar-refractivity contribution is -0.151. The minimum Gasteiger partial charge on any atom is -0.392 e. The van der Waals surface area contributed by atoms with E-state index >= 15 is 0 Å². The smallest absolute Gasteiger partial charge is 0.225 e. The molecule has 3 rings (SSSR count). The monoisotopic (exact) mass is 502 g/mol. The van der Waals surface area contributed by atoms with Crippen molar-refractivity contribution in [1.29, 1.82) is 0 Å². The first kappa shape index (κ1) is 28.6. The molecule has 7 atom stereocenters. The van der Waals surface area contributed by atoms with E-state index in [1.54, 1.807) is 19.1 Å². The lowest BCUT2D eigenvalue weighted by atomic mass is 9.51. The highest BCUT2D eigenvalue weighted by molar-refractivity contribution is 5.79. The highest BCUT2D eigenvalue weighted by atomic mass is 16.5. The summed E-state index contributed by atoms with van der Waals surface area (Å²) in [6.07, 6.45) is 3.49. The number of nitrogens with zero attached hydrogens (tertiary/aromatic N) is 1. The quantitative estimate of drug-likeness (QED) is 0.485. The number of amides is 2. The lowest BCUT2D eigenvalue weighted by Gasteiger charge is -2.56. The predicted molar refractivity (Wildman–Crippen MR) is 140 cm³/mol. The summed E-state index contributed by atoms with van der Waals surface area (Å²) >= 11 is 0. The Kier molecular flexibility index (Phi) is 10.3. The van der Waals surface area contributed by atoms with Crippen molar-refractivity contribution < 1.29 is 24.2 Å². The molecule has 36 heavy (non-hydrogen) atoms. The maximum atomic E-state index is 13.5. The van der Waals surface area contributed by atoms with Crippen LogP contribution in [-0.4, -0.2) is 74.5 Å². The largest absolute Gasteiger partial charge is 0.392 e. The van der Waals surface area contributed by atoms with Crippen LogP contribution in [0.4, 0.5) is 0 Å². The van der Waals surface area contributed by atoms with E-state index < -0.39 is 6.10 Å². The number of carbonyl (C=O) groups excluding carboxylic acids is 2. The number of ether oxygens (including phenoxy) is 2. The van der Waals surface area contributed by atoms with Gasteiger partial charge in [0.15, 0.2) is 0 Å². The Balaban J connectivity index is 1.69. The van der Waals surface area contributed by atoms with Crippen LogP contribution in [-0.2, 0) is 25.5 Å². The first-order chi connectivity index (χ1) is 17.2. The molecule has 0 radical (unpaired) electrons. The van der Waals surface area contributed by atoms with Gasteiger partial charge in [0.2, 0.25) is 11.8 Å². The fraction of sp³-hybridized carbons (Fsp3) is 0.724. The van der Waals surface area contributed by atoms with Gasteiger partial charge in [-0.3, -0.25) is 9.59 Å². The van der Waals surface area contributed by atoms with Gasteiger partial charge < -0.3 is 24.8 Å². The molecule has 2 amide bonds. The number of hydrogen-bond acceptors (Lipinski definition) is 5. The Hall–Kier alpha value is -1.96. The van der Waals surface area contributed by atoms with Crippen LogP contribution in [0.5, 0.6) is 0 Å². The zero-order valence-electron chi connectivity index (χ0n) is 22.7. The van der Waals surface area contributed by atoms with Gasteiger partial charge in [0.1, 0.15) is 0 Å². The lowest BCUT2D eigenvalue weighted by Crippen LogP contribution is -2.59. The normalized spacial score (nSPS) is 30.8. The Labute approximate surface area is 216 Å². The van der Waals surface area contributed by atoms with E-state index in [-0.39, 0.29) is 46.9 Å². The number of carbonyl (C=O) groups is 2. The highest BCUT2D eigenvalue weighted by Crippen LogP contribution is 2.55. The number of nitrogens with one attached hydrogen (secondary N) is 1. The molecule has 2 fully saturated rings. The number of benzene rings is 1. The van der Waals surface area contributed by atoms with Crippen molar-refractivity contribution in [2.75, 3.05) is 40.5 Å². The Morgan fingerprint density at radius 2 is 1.72 bits per heavy atom. The third-order valence-corrected chi connectivity index (χ3v) is 8.92. The molecule has 0 heterocycles. The summed E-state index contributed by atoms with van der Waals surface area (Å²) < 4.78 is 10.4. The molecule has 2 N–H and O–H groups in total. The van der Waals surface area contributed by atoms with Crippen LogP contribution < -0.4 is 5.32 Å². The molecular weight excluding hydrogens is 456 g/mol. The molecule has 2 aliphatic carbocycles. The molecule has 1 aromatic rings. The summed E-state index contributed by atoms with van der Waals surface area (Å²) in [6.45, 7) is 8.37. The number of aliphatic hydroxyl groups excluding tert-OH is 1. The van der Waals surface area contributed by atoms with Crippen LogP contribution in [0.3, 0.4) is 0 Å². The van der Waals surface area contributed by atoms with Crippen molar-refractivity contribution >= 4 is 11.8 Å². The average Bonchev–Trinajstić information content (AvgIpc) is 2.86. The summed E-state index contributed by atoms with van der Waals surface area (Å²) in [6, 6.07) is 9.81. The minimum atomic E-state index is -0.585. The molecule has 1 aromatic carbocycles. The summed E-state index contributed by atoms with van der Waals surface area (Å²) in [7, 11) is 3.27. The van der Waals surface area contributed by atoms with Gasteiger partial charge in [-0.1, -0.05) is 51.1 Å². The van der Waals surface area contributed by atoms with Crippen LogP contribution in [0, 0.1) is 29.1 Å². The molecule has 2 aliphatic rings. The average molecular weight is 503 g/mol. The summed E-state index contributed by atoms with van der Waals surface area (Å²) in [5.41, 5.74) is 1.02. The second-order valence-electron chi connectivity index (χ2n) is 11.2. The van der Waals surface area contributed by atoms with Gasteiger partial charge in [-0.05, 0) is 54.4 Å². The van der Waals surface area contributed by atoms with E-state index in [2.05, 4.69) is 19.2 Å². The zero-order valence-corrected chi connectivity index (χ0v) is 22.7. The van der Waals surface area contributed by atoms with Crippen LogP contribution in [0.2, 0.25) is 0 Å². The van der Waals surface area contributed by atoms with Crippen LogP contribution in [0.15, 0.2) is 30.3 Å². The van der Waals surface area contributed by atoms with Gasteiger partial charge >= 0.3 is 0 Å². The van der Waals surface area contributed by atoms with Crippen molar-refractivity contribution in [3.8, 4) is 0 Å². The van der Waals surface area contributed by atoms with Crippen LogP contribution in [0.1, 0.15) is 52.0 Å². The molecule has 1 unspecified atom stereocenters. The van der Waals surface area contributed by atoms with Gasteiger partial charge in [0, 0.05) is 39.3 Å². The fourth-order valence-corrected chi connectivity index (χ4v) is 6.74. The van der Waals surface area contributed by atoms with Gasteiger partial charge in [0.25, 0.3) is 0 Å². The first-order valence-corrected chi connectivity index (χ1v) is 13.5.